The molecule has 10 aromatic rings. The number of nitriles is 1. The number of fused-ring (bicyclic) bond motifs is 9. The van der Waals surface area contributed by atoms with Gasteiger partial charge in [-0.25, -0.2) is 15.0 Å². The zero-order valence-electron chi connectivity index (χ0n) is 30.1. The Labute approximate surface area is 316 Å². The molecule has 3 aromatic heterocycles. The van der Waals surface area contributed by atoms with Crippen LogP contribution in [0.3, 0.4) is 0 Å². The number of para-hydroxylation sites is 2. The lowest BCUT2D eigenvalue weighted by molar-refractivity contribution is 0.661. The Morgan fingerprint density at radius 3 is 1.89 bits per heavy atom. The van der Waals surface area contributed by atoms with Crippen molar-refractivity contribution in [3.63, 3.8) is 0 Å². The van der Waals surface area contributed by atoms with Crippen LogP contribution in [-0.2, 0) is 5.41 Å². The second-order valence-electron chi connectivity index (χ2n) is 14.7. The van der Waals surface area contributed by atoms with E-state index in [2.05, 4.69) is 91.2 Å². The summed E-state index contributed by atoms with van der Waals surface area (Å²) in [4.78, 5) is 15.1. The number of furan rings is 1. The van der Waals surface area contributed by atoms with Crippen LogP contribution >= 0.6 is 0 Å². The number of nitrogens with zero attached hydrogens (tertiary/aromatic N) is 5. The molecule has 11 rings (SSSR count). The lowest BCUT2D eigenvalue weighted by Crippen LogP contribution is -2.14. The average molecular weight is 706 g/mol. The molecule has 0 saturated carbocycles. The zero-order valence-corrected chi connectivity index (χ0v) is 30.1. The summed E-state index contributed by atoms with van der Waals surface area (Å²) in [5.74, 6) is 1.56. The number of aromatic nitrogens is 4. The second-order valence-corrected chi connectivity index (χ2v) is 14.7. The van der Waals surface area contributed by atoms with Crippen LogP contribution in [0.2, 0.25) is 0 Å². The predicted molar refractivity (Wildman–Crippen MR) is 220 cm³/mol. The van der Waals surface area contributed by atoms with Gasteiger partial charge in [-0.1, -0.05) is 135 Å². The van der Waals surface area contributed by atoms with Crippen molar-refractivity contribution >= 4 is 43.7 Å². The lowest BCUT2D eigenvalue weighted by Gasteiger charge is -2.21. The number of benzene rings is 7. The van der Waals surface area contributed by atoms with E-state index in [4.69, 9.17) is 19.4 Å². The maximum absolute atomic E-state index is 11.1. The minimum Gasteiger partial charge on any atom is -0.454 e. The summed E-state index contributed by atoms with van der Waals surface area (Å²) in [6.45, 7) is 4.61. The Balaban J connectivity index is 1.26. The smallest absolute Gasteiger partial charge is 0.164 e. The van der Waals surface area contributed by atoms with E-state index in [9.17, 15) is 5.26 Å². The van der Waals surface area contributed by atoms with E-state index in [1.165, 1.54) is 22.3 Å². The molecule has 0 radical (unpaired) electrons. The van der Waals surface area contributed by atoms with Gasteiger partial charge in [-0.15, -0.1) is 0 Å². The first-order valence-corrected chi connectivity index (χ1v) is 18.4. The van der Waals surface area contributed by atoms with E-state index < -0.39 is 0 Å². The van der Waals surface area contributed by atoms with Gasteiger partial charge < -0.3 is 8.98 Å². The molecule has 0 aliphatic heterocycles. The van der Waals surface area contributed by atoms with Gasteiger partial charge in [-0.05, 0) is 52.6 Å². The normalized spacial score (nSPS) is 13.0. The third-order valence-corrected chi connectivity index (χ3v) is 11.3. The minimum absolute atomic E-state index is 0.156. The molecule has 0 saturated heterocycles. The van der Waals surface area contributed by atoms with Gasteiger partial charge in [-0.3, -0.25) is 0 Å². The largest absolute Gasteiger partial charge is 0.454 e. The Hall–Kier alpha value is -7.36. The molecule has 7 aromatic carbocycles. The van der Waals surface area contributed by atoms with Crippen molar-refractivity contribution in [2.24, 2.45) is 0 Å². The van der Waals surface area contributed by atoms with Crippen LogP contribution in [0.25, 0.3) is 94.7 Å². The molecule has 0 bridgehead atoms. The monoisotopic (exact) mass is 705 g/mol. The second kappa shape index (κ2) is 11.6. The van der Waals surface area contributed by atoms with Crippen LogP contribution < -0.4 is 0 Å². The molecule has 0 atom stereocenters. The summed E-state index contributed by atoms with van der Waals surface area (Å²) in [5.41, 5.74) is 11.8. The topological polar surface area (TPSA) is 80.5 Å². The van der Waals surface area contributed by atoms with E-state index >= 15 is 0 Å². The summed E-state index contributed by atoms with van der Waals surface area (Å²) in [6.07, 6.45) is 0. The van der Waals surface area contributed by atoms with Gasteiger partial charge in [0.15, 0.2) is 23.1 Å². The van der Waals surface area contributed by atoms with Crippen LogP contribution in [0.4, 0.5) is 0 Å². The maximum Gasteiger partial charge on any atom is 0.164 e. The van der Waals surface area contributed by atoms with Crippen molar-refractivity contribution in [1.29, 1.82) is 5.26 Å². The first-order chi connectivity index (χ1) is 27.0. The van der Waals surface area contributed by atoms with E-state index in [-0.39, 0.29) is 5.41 Å². The minimum atomic E-state index is -0.156. The van der Waals surface area contributed by atoms with Gasteiger partial charge in [-0.2, -0.15) is 5.26 Å². The molecule has 55 heavy (non-hydrogen) atoms. The van der Waals surface area contributed by atoms with Crippen LogP contribution in [-0.4, -0.2) is 19.5 Å². The van der Waals surface area contributed by atoms with Gasteiger partial charge in [0.05, 0.1) is 16.6 Å². The summed E-state index contributed by atoms with van der Waals surface area (Å²) < 4.78 is 9.10. The molecular formula is C49H31N5O. The number of hydrogen-bond donors (Lipinski definition) is 0. The Bertz CT molecular complexity index is 3180. The molecule has 3 heterocycles. The maximum atomic E-state index is 11.1. The molecular weight excluding hydrogens is 675 g/mol. The third kappa shape index (κ3) is 4.50. The molecule has 258 valence electrons. The zero-order chi connectivity index (χ0) is 36.8. The molecule has 0 spiro atoms. The Morgan fingerprint density at radius 1 is 0.545 bits per heavy atom. The van der Waals surface area contributed by atoms with Gasteiger partial charge in [0.25, 0.3) is 0 Å². The molecule has 6 heteroatoms. The molecule has 0 N–H and O–H groups in total. The third-order valence-electron chi connectivity index (χ3n) is 11.3. The van der Waals surface area contributed by atoms with Gasteiger partial charge in [0.2, 0.25) is 0 Å². The Kier molecular flexibility index (Phi) is 6.56. The average Bonchev–Trinajstić information content (AvgIpc) is 3.86. The van der Waals surface area contributed by atoms with Crippen molar-refractivity contribution in [3.8, 4) is 57.0 Å². The van der Waals surface area contributed by atoms with Crippen molar-refractivity contribution in [1.82, 2.24) is 19.5 Å². The Morgan fingerprint density at radius 2 is 1.16 bits per heavy atom. The summed E-state index contributed by atoms with van der Waals surface area (Å²) in [6, 6.07) is 54.2. The molecule has 1 aliphatic carbocycles. The molecule has 0 unspecified atom stereocenters. The van der Waals surface area contributed by atoms with E-state index in [0.717, 1.165) is 43.7 Å². The van der Waals surface area contributed by atoms with Gasteiger partial charge in [0, 0.05) is 43.7 Å². The summed E-state index contributed by atoms with van der Waals surface area (Å²) >= 11 is 0. The fourth-order valence-corrected chi connectivity index (χ4v) is 8.70. The number of hydrogen-bond acceptors (Lipinski definition) is 5. The highest BCUT2D eigenvalue weighted by Crippen LogP contribution is 2.52. The standard InChI is InChI=1S/C49H31N5O/c1-49(2)38-22-12-9-19-32(38)35-27-41-36(26-39(35)49)33-20-10-13-23-40(33)54(41)44-31(28-50)25-37(43-34-21-11-14-24-42(34)55-45(43)44)48-52-46(29-15-5-3-6-16-29)51-47(53-48)30-17-7-4-8-18-30/h3-27H,1-2H3. The van der Waals surface area contributed by atoms with E-state index in [1.54, 1.807) is 0 Å². The van der Waals surface area contributed by atoms with E-state index in [1.807, 2.05) is 84.9 Å². The van der Waals surface area contributed by atoms with Crippen molar-refractivity contribution in [3.05, 3.63) is 168 Å². The number of rotatable bonds is 4. The SMILES string of the molecule is CC1(C)c2ccccc2-c2cc3c(cc21)c1ccccc1n3-c1c(C#N)cc(-c2nc(-c3ccccc3)nc(-c3ccccc3)n2)c2c1oc1ccccc12. The summed E-state index contributed by atoms with van der Waals surface area (Å²) in [7, 11) is 0. The highest BCUT2D eigenvalue weighted by Gasteiger charge is 2.36. The van der Waals surface area contributed by atoms with Crippen LogP contribution in [0, 0.1) is 11.3 Å². The van der Waals surface area contributed by atoms with Gasteiger partial charge >= 0.3 is 0 Å². The van der Waals surface area contributed by atoms with Crippen molar-refractivity contribution < 1.29 is 4.42 Å². The summed E-state index contributed by atoms with van der Waals surface area (Å²) in [5, 5.41) is 15.1. The highest BCUT2D eigenvalue weighted by molar-refractivity contribution is 6.18. The van der Waals surface area contributed by atoms with Gasteiger partial charge in [0.1, 0.15) is 17.3 Å². The molecule has 1 aliphatic rings. The lowest BCUT2D eigenvalue weighted by atomic mass is 9.82. The predicted octanol–water partition coefficient (Wildman–Crippen LogP) is 12.0. The van der Waals surface area contributed by atoms with Crippen LogP contribution in [0.5, 0.6) is 0 Å². The fourth-order valence-electron chi connectivity index (χ4n) is 8.70. The van der Waals surface area contributed by atoms with Crippen molar-refractivity contribution in [2.45, 2.75) is 19.3 Å². The molecule has 0 amide bonds. The highest BCUT2D eigenvalue weighted by atomic mass is 16.3. The fraction of sp³-hybridized carbons (Fsp3) is 0.0612. The van der Waals surface area contributed by atoms with E-state index in [0.29, 0.717) is 45.5 Å². The van der Waals surface area contributed by atoms with Crippen LogP contribution in [0.1, 0.15) is 30.5 Å². The molecule has 6 nitrogen and oxygen atoms in total. The van der Waals surface area contributed by atoms with Crippen molar-refractivity contribution in [2.75, 3.05) is 0 Å². The molecule has 0 fully saturated rings. The van der Waals surface area contributed by atoms with Crippen LogP contribution in [0.15, 0.2) is 156 Å². The first kappa shape index (κ1) is 31.2. The quantitative estimate of drug-likeness (QED) is 0.182. The first-order valence-electron chi connectivity index (χ1n) is 18.4.